The van der Waals surface area contributed by atoms with Crippen LogP contribution in [-0.2, 0) is 37.1 Å². The van der Waals surface area contributed by atoms with Gasteiger partial charge in [0.2, 0.25) is 5.91 Å². The van der Waals surface area contributed by atoms with Gasteiger partial charge in [0.1, 0.15) is 12.3 Å². The van der Waals surface area contributed by atoms with Gasteiger partial charge in [-0.2, -0.15) is 5.10 Å². The van der Waals surface area contributed by atoms with Gasteiger partial charge in [-0.15, -0.1) is 0 Å². The number of aryl methyl sites for hydroxylation is 2. The van der Waals surface area contributed by atoms with Crippen molar-refractivity contribution in [2.45, 2.75) is 52.1 Å². The second-order valence-corrected chi connectivity index (χ2v) is 9.39. The third kappa shape index (κ3) is 3.46. The first kappa shape index (κ1) is 20.3. The van der Waals surface area contributed by atoms with Gasteiger partial charge in [-0.25, -0.2) is 0 Å². The lowest BCUT2D eigenvalue weighted by atomic mass is 9.93. The highest BCUT2D eigenvalue weighted by Gasteiger charge is 2.32. The zero-order chi connectivity index (χ0) is 22.5. The van der Waals surface area contributed by atoms with Crippen LogP contribution in [0.5, 0.6) is 0 Å². The first-order chi connectivity index (χ1) is 16.1. The number of carbonyl (C=O) groups excluding carboxylic acids is 2. The van der Waals surface area contributed by atoms with E-state index in [2.05, 4.69) is 18.2 Å². The minimum atomic E-state index is -0.0130. The molecule has 0 bridgehead atoms. The summed E-state index contributed by atoms with van der Waals surface area (Å²) in [5, 5.41) is 4.79. The van der Waals surface area contributed by atoms with Crippen molar-refractivity contribution in [3.05, 3.63) is 64.2 Å². The van der Waals surface area contributed by atoms with E-state index in [1.165, 1.54) is 11.1 Å². The summed E-state index contributed by atoms with van der Waals surface area (Å²) >= 11 is 0. The van der Waals surface area contributed by atoms with Crippen LogP contribution in [-0.4, -0.2) is 51.0 Å². The van der Waals surface area contributed by atoms with Crippen molar-refractivity contribution in [2.24, 2.45) is 0 Å². The van der Waals surface area contributed by atoms with Crippen molar-refractivity contribution in [2.75, 3.05) is 19.6 Å². The van der Waals surface area contributed by atoms with Crippen molar-refractivity contribution in [1.29, 1.82) is 0 Å². The van der Waals surface area contributed by atoms with E-state index in [9.17, 15) is 9.59 Å². The van der Waals surface area contributed by atoms with Crippen LogP contribution >= 0.6 is 0 Å². The predicted octanol–water partition coefficient (Wildman–Crippen LogP) is 3.37. The average Bonchev–Trinajstić information content (AvgIpc) is 3.57. The third-order valence-electron chi connectivity index (χ3n) is 7.28. The van der Waals surface area contributed by atoms with Crippen molar-refractivity contribution >= 4 is 11.8 Å². The highest BCUT2D eigenvalue weighted by molar-refractivity contribution is 5.95. The van der Waals surface area contributed by atoms with E-state index >= 15 is 0 Å². The van der Waals surface area contributed by atoms with Crippen LogP contribution in [0.25, 0.3) is 11.3 Å². The number of nitrogens with zero attached hydrogens (tertiary/aromatic N) is 4. The van der Waals surface area contributed by atoms with Crippen LogP contribution in [0.3, 0.4) is 0 Å². The summed E-state index contributed by atoms with van der Waals surface area (Å²) in [6, 6.07) is 8.33. The van der Waals surface area contributed by atoms with Gasteiger partial charge in [0, 0.05) is 49.9 Å². The normalized spacial score (nSPS) is 17.0. The second kappa shape index (κ2) is 7.90. The molecule has 3 aliphatic rings. The van der Waals surface area contributed by atoms with Crippen molar-refractivity contribution in [3.63, 3.8) is 0 Å². The van der Waals surface area contributed by atoms with E-state index < -0.39 is 0 Å². The SMILES string of the molecule is Cc1c(C(=O)N2CCCC2)oc2c1-c1nn(CC(=O)N3CCc4ccccc4C3)cc1CC2. The molecular formula is C26H28N4O3. The molecule has 7 nitrogen and oxygen atoms in total. The average molecular weight is 445 g/mol. The van der Waals surface area contributed by atoms with Crippen LogP contribution in [0, 0.1) is 6.92 Å². The Bertz CT molecular complexity index is 1250. The fourth-order valence-corrected chi connectivity index (χ4v) is 5.46. The maximum Gasteiger partial charge on any atom is 0.289 e. The van der Waals surface area contributed by atoms with Gasteiger partial charge in [0.15, 0.2) is 5.76 Å². The molecule has 1 aromatic carbocycles. The largest absolute Gasteiger partial charge is 0.455 e. The second-order valence-electron chi connectivity index (χ2n) is 9.39. The molecule has 0 unspecified atom stereocenters. The molecule has 1 fully saturated rings. The standard InChI is InChI=1S/C26H28N4O3/c1-17-23-21(33-25(17)26(32)28-11-4-5-12-28)9-8-20-15-30(27-24(20)23)16-22(31)29-13-10-18-6-2-3-7-19(18)14-29/h2-3,6-7,15H,4-5,8-14,16H2,1H3. The number of furan rings is 1. The molecule has 0 N–H and O–H groups in total. The Balaban J connectivity index is 1.23. The summed E-state index contributed by atoms with van der Waals surface area (Å²) in [6.45, 7) is 5.17. The molecule has 0 saturated carbocycles. The van der Waals surface area contributed by atoms with Crippen LogP contribution in [0.4, 0.5) is 0 Å². The van der Waals surface area contributed by atoms with Crippen LogP contribution in [0.1, 0.15) is 51.4 Å². The number of carbonyl (C=O) groups is 2. The molecule has 1 aliphatic carbocycles. The molecule has 0 radical (unpaired) electrons. The van der Waals surface area contributed by atoms with Gasteiger partial charge < -0.3 is 14.2 Å². The lowest BCUT2D eigenvalue weighted by Crippen LogP contribution is -2.38. The number of hydrogen-bond donors (Lipinski definition) is 0. The molecule has 2 aromatic heterocycles. The monoisotopic (exact) mass is 444 g/mol. The highest BCUT2D eigenvalue weighted by Crippen LogP contribution is 2.39. The number of fused-ring (bicyclic) bond motifs is 4. The molecule has 2 amide bonds. The number of likely N-dealkylation sites (tertiary alicyclic amines) is 1. The highest BCUT2D eigenvalue weighted by atomic mass is 16.4. The first-order valence-electron chi connectivity index (χ1n) is 11.9. The van der Waals surface area contributed by atoms with Crippen molar-refractivity contribution in [1.82, 2.24) is 19.6 Å². The van der Waals surface area contributed by atoms with E-state index in [-0.39, 0.29) is 18.4 Å². The van der Waals surface area contributed by atoms with Crippen LogP contribution < -0.4 is 0 Å². The molecule has 4 heterocycles. The van der Waals surface area contributed by atoms with Gasteiger partial charge in [-0.05, 0) is 49.3 Å². The maximum absolute atomic E-state index is 13.0. The van der Waals surface area contributed by atoms with E-state index in [1.54, 1.807) is 4.68 Å². The van der Waals surface area contributed by atoms with Crippen LogP contribution in [0.2, 0.25) is 0 Å². The molecule has 0 atom stereocenters. The molecule has 3 aromatic rings. The minimum absolute atomic E-state index is 0.0130. The minimum Gasteiger partial charge on any atom is -0.455 e. The van der Waals surface area contributed by atoms with Gasteiger partial charge in [0.05, 0.1) is 5.69 Å². The lowest BCUT2D eigenvalue weighted by Gasteiger charge is -2.28. The molecular weight excluding hydrogens is 416 g/mol. The number of benzene rings is 1. The summed E-state index contributed by atoms with van der Waals surface area (Å²) in [4.78, 5) is 29.8. The molecule has 1 saturated heterocycles. The Labute approximate surface area is 193 Å². The first-order valence-corrected chi connectivity index (χ1v) is 11.9. The predicted molar refractivity (Wildman–Crippen MR) is 123 cm³/mol. The zero-order valence-corrected chi connectivity index (χ0v) is 19.0. The lowest BCUT2D eigenvalue weighted by molar-refractivity contribution is -0.132. The summed E-state index contributed by atoms with van der Waals surface area (Å²) in [7, 11) is 0. The molecule has 170 valence electrons. The molecule has 0 spiro atoms. The molecule has 6 rings (SSSR count). The van der Waals surface area contributed by atoms with Gasteiger partial charge in [-0.1, -0.05) is 24.3 Å². The van der Waals surface area contributed by atoms with Gasteiger partial charge in [0.25, 0.3) is 5.91 Å². The summed E-state index contributed by atoms with van der Waals surface area (Å²) < 4.78 is 7.83. The smallest absolute Gasteiger partial charge is 0.289 e. The van der Waals surface area contributed by atoms with E-state index in [1.807, 2.05) is 29.0 Å². The quantitative estimate of drug-likeness (QED) is 0.621. The Hall–Kier alpha value is -3.35. The summed E-state index contributed by atoms with van der Waals surface area (Å²) in [5.74, 6) is 1.36. The van der Waals surface area contributed by atoms with E-state index in [0.29, 0.717) is 12.3 Å². The number of aromatic nitrogens is 2. The Kier molecular flexibility index (Phi) is 4.85. The van der Waals surface area contributed by atoms with Gasteiger partial charge >= 0.3 is 0 Å². The molecule has 7 heteroatoms. The molecule has 2 aliphatic heterocycles. The molecule has 33 heavy (non-hydrogen) atoms. The third-order valence-corrected chi connectivity index (χ3v) is 7.28. The van der Waals surface area contributed by atoms with Gasteiger partial charge in [-0.3, -0.25) is 14.3 Å². The van der Waals surface area contributed by atoms with Crippen LogP contribution in [0.15, 0.2) is 34.9 Å². The topological polar surface area (TPSA) is 71.6 Å². The number of amides is 2. The fraction of sp³-hybridized carbons (Fsp3) is 0.423. The Morgan fingerprint density at radius 1 is 0.970 bits per heavy atom. The number of hydrogen-bond acceptors (Lipinski definition) is 4. The van der Waals surface area contributed by atoms with Crippen molar-refractivity contribution < 1.29 is 14.0 Å². The summed E-state index contributed by atoms with van der Waals surface area (Å²) in [6.07, 6.45) is 6.54. The van der Waals surface area contributed by atoms with E-state index in [4.69, 9.17) is 9.52 Å². The maximum atomic E-state index is 13.0. The fourth-order valence-electron chi connectivity index (χ4n) is 5.46. The Morgan fingerprint density at radius 3 is 2.58 bits per heavy atom. The van der Waals surface area contributed by atoms with E-state index in [0.717, 1.165) is 79.9 Å². The van der Waals surface area contributed by atoms with Crippen molar-refractivity contribution in [3.8, 4) is 11.3 Å². The Morgan fingerprint density at radius 2 is 1.76 bits per heavy atom. The number of rotatable bonds is 3. The summed E-state index contributed by atoms with van der Waals surface area (Å²) in [5.41, 5.74) is 6.34. The zero-order valence-electron chi connectivity index (χ0n) is 19.0.